The monoisotopic (exact) mass is 253 g/mol. The third kappa shape index (κ3) is 2.72. The first-order valence-corrected chi connectivity index (χ1v) is 6.24. The minimum absolute atomic E-state index is 0.0261. The summed E-state index contributed by atoms with van der Waals surface area (Å²) in [6.45, 7) is 2.46. The van der Waals surface area contributed by atoms with Gasteiger partial charge >= 0.3 is 0 Å². The van der Waals surface area contributed by atoms with Crippen molar-refractivity contribution in [1.29, 1.82) is 0 Å². The Morgan fingerprint density at radius 3 is 2.76 bits per heavy atom. The maximum atomic E-state index is 11.9. The molecule has 0 bridgehead atoms. The number of alkyl halides is 1. The van der Waals surface area contributed by atoms with Gasteiger partial charge < -0.3 is 10.4 Å². The second-order valence-corrected chi connectivity index (χ2v) is 5.10. The summed E-state index contributed by atoms with van der Waals surface area (Å²) < 4.78 is 0. The minimum atomic E-state index is -0.237. The van der Waals surface area contributed by atoms with Crippen LogP contribution in [0.4, 0.5) is 0 Å². The van der Waals surface area contributed by atoms with Crippen LogP contribution in [-0.4, -0.2) is 23.4 Å². The van der Waals surface area contributed by atoms with E-state index in [9.17, 15) is 9.90 Å². The summed E-state index contributed by atoms with van der Waals surface area (Å²) in [4.78, 5) is 11.9. The fourth-order valence-corrected chi connectivity index (χ4v) is 2.09. The second-order valence-electron chi connectivity index (χ2n) is 4.84. The molecule has 0 atom stereocenters. The number of hydrogen-bond donors (Lipinski definition) is 2. The molecular weight excluding hydrogens is 238 g/mol. The Labute approximate surface area is 106 Å². The topological polar surface area (TPSA) is 49.3 Å². The predicted octanol–water partition coefficient (Wildman–Crippen LogP) is 2.45. The molecule has 92 valence electrons. The number of phenols is 1. The van der Waals surface area contributed by atoms with Gasteiger partial charge in [0.05, 0.1) is 5.56 Å². The van der Waals surface area contributed by atoms with Crippen molar-refractivity contribution >= 4 is 17.5 Å². The van der Waals surface area contributed by atoms with Gasteiger partial charge in [0.25, 0.3) is 5.91 Å². The standard InChI is InChI=1S/C13H16ClNO2/c1-9-2-3-10(11(16)6-9)12(17)15-8-13(7-14)4-5-13/h2-3,6,16H,4-5,7-8H2,1H3,(H,15,17). The highest BCUT2D eigenvalue weighted by Crippen LogP contribution is 2.45. The van der Waals surface area contributed by atoms with Crippen LogP contribution in [0.1, 0.15) is 28.8 Å². The summed E-state index contributed by atoms with van der Waals surface area (Å²) in [5.74, 6) is 0.366. The van der Waals surface area contributed by atoms with E-state index in [0.717, 1.165) is 18.4 Å². The lowest BCUT2D eigenvalue weighted by molar-refractivity contribution is 0.0944. The SMILES string of the molecule is Cc1ccc(C(=O)NCC2(CCl)CC2)c(O)c1. The molecule has 0 heterocycles. The van der Waals surface area contributed by atoms with E-state index in [-0.39, 0.29) is 17.1 Å². The van der Waals surface area contributed by atoms with Crippen molar-refractivity contribution in [2.45, 2.75) is 19.8 Å². The Morgan fingerprint density at radius 2 is 2.24 bits per heavy atom. The number of nitrogens with one attached hydrogen (secondary N) is 1. The average Bonchev–Trinajstić information content (AvgIpc) is 3.07. The number of carbonyl (C=O) groups is 1. The summed E-state index contributed by atoms with van der Waals surface area (Å²) in [5, 5.41) is 12.5. The maximum absolute atomic E-state index is 11.9. The Hall–Kier alpha value is -1.22. The molecular formula is C13H16ClNO2. The predicted molar refractivity (Wildman–Crippen MR) is 67.6 cm³/mol. The Morgan fingerprint density at radius 1 is 1.53 bits per heavy atom. The van der Waals surface area contributed by atoms with Gasteiger partial charge in [-0.1, -0.05) is 6.07 Å². The molecule has 1 aromatic rings. The van der Waals surface area contributed by atoms with Gasteiger partial charge in [-0.2, -0.15) is 0 Å². The van der Waals surface area contributed by atoms with Crippen LogP contribution < -0.4 is 5.32 Å². The van der Waals surface area contributed by atoms with E-state index in [1.54, 1.807) is 12.1 Å². The quantitative estimate of drug-likeness (QED) is 0.810. The van der Waals surface area contributed by atoms with E-state index >= 15 is 0 Å². The number of aromatic hydroxyl groups is 1. The molecule has 1 fully saturated rings. The molecule has 3 nitrogen and oxygen atoms in total. The molecule has 0 unspecified atom stereocenters. The van der Waals surface area contributed by atoms with Crippen molar-refractivity contribution < 1.29 is 9.90 Å². The first-order valence-electron chi connectivity index (χ1n) is 5.70. The summed E-state index contributed by atoms with van der Waals surface area (Å²) in [6.07, 6.45) is 2.13. The molecule has 2 N–H and O–H groups in total. The van der Waals surface area contributed by atoms with Gasteiger partial charge in [-0.3, -0.25) is 4.79 Å². The molecule has 1 aliphatic rings. The normalized spacial score (nSPS) is 16.6. The van der Waals surface area contributed by atoms with Crippen LogP contribution in [0.3, 0.4) is 0 Å². The lowest BCUT2D eigenvalue weighted by atomic mass is 10.1. The number of halogens is 1. The van der Waals surface area contributed by atoms with E-state index in [1.165, 1.54) is 0 Å². The van der Waals surface area contributed by atoms with Crippen LogP contribution in [0.15, 0.2) is 18.2 Å². The fourth-order valence-electron chi connectivity index (χ4n) is 1.73. The van der Waals surface area contributed by atoms with E-state index in [1.807, 2.05) is 13.0 Å². The molecule has 1 amide bonds. The lowest BCUT2D eigenvalue weighted by Crippen LogP contribution is -2.31. The number of phenolic OH excluding ortho intramolecular Hbond substituents is 1. The summed E-state index contributed by atoms with van der Waals surface area (Å²) >= 11 is 5.84. The highest BCUT2D eigenvalue weighted by molar-refractivity contribution is 6.18. The molecule has 2 rings (SSSR count). The van der Waals surface area contributed by atoms with Crippen molar-refractivity contribution in [3.05, 3.63) is 29.3 Å². The van der Waals surface area contributed by atoms with Crippen LogP contribution >= 0.6 is 11.6 Å². The number of benzene rings is 1. The number of amides is 1. The van der Waals surface area contributed by atoms with Crippen molar-refractivity contribution in [2.24, 2.45) is 5.41 Å². The maximum Gasteiger partial charge on any atom is 0.255 e. The van der Waals surface area contributed by atoms with Crippen LogP contribution in [0.5, 0.6) is 5.75 Å². The Kier molecular flexibility index (Phi) is 3.29. The largest absolute Gasteiger partial charge is 0.507 e. The van der Waals surface area contributed by atoms with Crippen LogP contribution in [-0.2, 0) is 0 Å². The van der Waals surface area contributed by atoms with Crippen molar-refractivity contribution in [3.63, 3.8) is 0 Å². The molecule has 0 aromatic heterocycles. The summed E-state index contributed by atoms with van der Waals surface area (Å²) in [5.41, 5.74) is 1.34. The van der Waals surface area contributed by atoms with Gasteiger partial charge in [0.15, 0.2) is 0 Å². The number of rotatable bonds is 4. The van der Waals surface area contributed by atoms with E-state index in [2.05, 4.69) is 5.32 Å². The highest BCUT2D eigenvalue weighted by atomic mass is 35.5. The third-order valence-corrected chi connectivity index (χ3v) is 3.83. The van der Waals surface area contributed by atoms with E-state index < -0.39 is 0 Å². The van der Waals surface area contributed by atoms with Crippen molar-refractivity contribution in [2.75, 3.05) is 12.4 Å². The first-order chi connectivity index (χ1) is 8.06. The summed E-state index contributed by atoms with van der Waals surface area (Å²) in [7, 11) is 0. The number of hydrogen-bond acceptors (Lipinski definition) is 2. The fraction of sp³-hybridized carbons (Fsp3) is 0.462. The Balaban J connectivity index is 2.00. The molecule has 0 radical (unpaired) electrons. The molecule has 0 aliphatic heterocycles. The van der Waals surface area contributed by atoms with Crippen LogP contribution in [0.25, 0.3) is 0 Å². The van der Waals surface area contributed by atoms with Crippen LogP contribution in [0, 0.1) is 12.3 Å². The zero-order valence-electron chi connectivity index (χ0n) is 9.79. The van der Waals surface area contributed by atoms with Crippen molar-refractivity contribution in [1.82, 2.24) is 5.32 Å². The van der Waals surface area contributed by atoms with E-state index in [4.69, 9.17) is 11.6 Å². The number of carbonyl (C=O) groups excluding carboxylic acids is 1. The Bertz CT molecular complexity index is 441. The zero-order valence-corrected chi connectivity index (χ0v) is 10.5. The first kappa shape index (κ1) is 12.2. The second kappa shape index (κ2) is 4.57. The minimum Gasteiger partial charge on any atom is -0.507 e. The zero-order chi connectivity index (χ0) is 12.5. The molecule has 0 spiro atoms. The van der Waals surface area contributed by atoms with E-state index in [0.29, 0.717) is 18.0 Å². The molecule has 1 saturated carbocycles. The summed E-state index contributed by atoms with van der Waals surface area (Å²) in [6, 6.07) is 5.03. The molecule has 1 aliphatic carbocycles. The molecule has 17 heavy (non-hydrogen) atoms. The van der Waals surface area contributed by atoms with Gasteiger partial charge in [-0.25, -0.2) is 0 Å². The molecule has 0 saturated heterocycles. The van der Waals surface area contributed by atoms with Gasteiger partial charge in [0.2, 0.25) is 0 Å². The van der Waals surface area contributed by atoms with Gasteiger partial charge in [-0.05, 0) is 37.5 Å². The van der Waals surface area contributed by atoms with Gasteiger partial charge in [0, 0.05) is 17.8 Å². The number of aryl methyl sites for hydroxylation is 1. The van der Waals surface area contributed by atoms with Gasteiger partial charge in [-0.15, -0.1) is 11.6 Å². The van der Waals surface area contributed by atoms with Crippen molar-refractivity contribution in [3.8, 4) is 5.75 Å². The van der Waals surface area contributed by atoms with Crippen LogP contribution in [0.2, 0.25) is 0 Å². The van der Waals surface area contributed by atoms with Gasteiger partial charge in [0.1, 0.15) is 5.75 Å². The highest BCUT2D eigenvalue weighted by Gasteiger charge is 2.41. The smallest absolute Gasteiger partial charge is 0.255 e. The average molecular weight is 254 g/mol. The molecule has 1 aromatic carbocycles. The third-order valence-electron chi connectivity index (χ3n) is 3.26. The lowest BCUT2D eigenvalue weighted by Gasteiger charge is -2.13. The molecule has 4 heteroatoms.